The van der Waals surface area contributed by atoms with E-state index in [1.54, 1.807) is 13.1 Å². The van der Waals surface area contributed by atoms with Crippen molar-refractivity contribution in [1.82, 2.24) is 19.8 Å². The number of nitrogens with one attached hydrogen (secondary N) is 1. The zero-order chi connectivity index (χ0) is 20.3. The molecule has 0 atom stereocenters. The van der Waals surface area contributed by atoms with Gasteiger partial charge in [-0.05, 0) is 37.4 Å². The van der Waals surface area contributed by atoms with Gasteiger partial charge in [-0.2, -0.15) is 4.98 Å². The van der Waals surface area contributed by atoms with Crippen LogP contribution in [-0.2, 0) is 16.6 Å². The van der Waals surface area contributed by atoms with Gasteiger partial charge in [0.15, 0.2) is 0 Å². The first-order chi connectivity index (χ1) is 13.3. The number of sulfonamides is 1. The van der Waals surface area contributed by atoms with Gasteiger partial charge in [-0.15, -0.1) is 0 Å². The van der Waals surface area contributed by atoms with Crippen LogP contribution in [0.3, 0.4) is 0 Å². The van der Waals surface area contributed by atoms with E-state index in [2.05, 4.69) is 30.8 Å². The van der Waals surface area contributed by atoms with Gasteiger partial charge >= 0.3 is 0 Å². The van der Waals surface area contributed by atoms with Crippen LogP contribution in [0.5, 0.6) is 0 Å². The molecule has 2 aromatic carbocycles. The molecule has 3 aromatic rings. The zero-order valence-corrected chi connectivity index (χ0v) is 17.5. The second-order valence-electron chi connectivity index (χ2n) is 5.92. The topological polar surface area (TPSA) is 105 Å². The number of amides is 1. The molecule has 28 heavy (non-hydrogen) atoms. The van der Waals surface area contributed by atoms with E-state index in [4.69, 9.17) is 4.52 Å². The van der Waals surface area contributed by atoms with Crippen LogP contribution in [-0.4, -0.2) is 43.5 Å². The molecular formula is C18H17BrN4O4S. The van der Waals surface area contributed by atoms with Crippen LogP contribution in [0.15, 0.2) is 62.4 Å². The monoisotopic (exact) mass is 464 g/mol. The van der Waals surface area contributed by atoms with Crippen molar-refractivity contribution < 1.29 is 17.7 Å². The minimum atomic E-state index is -3.64. The highest BCUT2D eigenvalue weighted by Gasteiger charge is 2.19. The Hall–Kier alpha value is -2.56. The Balaban J connectivity index is 1.76. The van der Waals surface area contributed by atoms with Crippen molar-refractivity contribution in [3.8, 4) is 11.4 Å². The maximum Gasteiger partial charge on any atom is 0.254 e. The molecule has 10 heteroatoms. The number of benzene rings is 2. The molecule has 1 N–H and O–H groups in total. The molecule has 0 fully saturated rings. The van der Waals surface area contributed by atoms with Gasteiger partial charge in [-0.25, -0.2) is 13.1 Å². The Morgan fingerprint density at radius 1 is 1.21 bits per heavy atom. The molecular weight excluding hydrogens is 448 g/mol. The maximum absolute atomic E-state index is 12.7. The third kappa shape index (κ3) is 4.46. The summed E-state index contributed by atoms with van der Waals surface area (Å²) in [5.74, 6) is 0.319. The van der Waals surface area contributed by atoms with Gasteiger partial charge in [0.1, 0.15) is 0 Å². The number of carbonyl (C=O) groups is 1. The molecule has 8 nitrogen and oxygen atoms in total. The molecule has 1 heterocycles. The summed E-state index contributed by atoms with van der Waals surface area (Å²) >= 11 is 3.39. The predicted molar refractivity (Wildman–Crippen MR) is 106 cm³/mol. The summed E-state index contributed by atoms with van der Waals surface area (Å²) in [5.41, 5.74) is 1.02. The molecule has 0 aliphatic carbocycles. The van der Waals surface area contributed by atoms with Crippen molar-refractivity contribution in [2.24, 2.45) is 0 Å². The molecule has 0 unspecified atom stereocenters. The lowest BCUT2D eigenvalue weighted by molar-refractivity contribution is 0.0769. The Labute approximate surface area is 170 Å². The minimum Gasteiger partial charge on any atom is -0.337 e. The van der Waals surface area contributed by atoms with E-state index in [-0.39, 0.29) is 28.8 Å². The summed E-state index contributed by atoms with van der Waals surface area (Å²) in [6, 6.07) is 13.3. The Morgan fingerprint density at radius 3 is 2.68 bits per heavy atom. The molecule has 0 radical (unpaired) electrons. The molecule has 0 bridgehead atoms. The molecule has 0 aliphatic heterocycles. The van der Waals surface area contributed by atoms with Gasteiger partial charge < -0.3 is 9.42 Å². The van der Waals surface area contributed by atoms with Crippen LogP contribution in [0.1, 0.15) is 16.2 Å². The molecule has 0 saturated heterocycles. The highest BCUT2D eigenvalue weighted by molar-refractivity contribution is 9.10. The van der Waals surface area contributed by atoms with E-state index in [0.717, 1.165) is 10.0 Å². The Bertz CT molecular complexity index is 1110. The average Bonchev–Trinajstić information content (AvgIpc) is 3.16. The van der Waals surface area contributed by atoms with E-state index in [1.165, 1.54) is 30.1 Å². The van der Waals surface area contributed by atoms with Gasteiger partial charge in [-0.3, -0.25) is 4.79 Å². The van der Waals surface area contributed by atoms with Crippen molar-refractivity contribution in [3.05, 3.63) is 64.5 Å². The van der Waals surface area contributed by atoms with Gasteiger partial charge in [0.05, 0.1) is 11.4 Å². The number of carbonyl (C=O) groups excluding carboxylic acids is 1. The van der Waals surface area contributed by atoms with Crippen molar-refractivity contribution >= 4 is 31.9 Å². The quantitative estimate of drug-likeness (QED) is 0.600. The first kappa shape index (κ1) is 20.2. The minimum absolute atomic E-state index is 0.0176. The van der Waals surface area contributed by atoms with Crippen LogP contribution >= 0.6 is 15.9 Å². The van der Waals surface area contributed by atoms with Gasteiger partial charge in [0.25, 0.3) is 5.91 Å². The second-order valence-corrected chi connectivity index (χ2v) is 8.72. The highest BCUT2D eigenvalue weighted by Crippen LogP contribution is 2.21. The van der Waals surface area contributed by atoms with Crippen LogP contribution in [0.4, 0.5) is 0 Å². The predicted octanol–water partition coefficient (Wildman–Crippen LogP) is 2.68. The normalized spacial score (nSPS) is 11.4. The van der Waals surface area contributed by atoms with Crippen molar-refractivity contribution in [3.63, 3.8) is 0 Å². The standard InChI is InChI=1S/C18H17BrN4O4S/c1-20-28(25,26)15-8-4-6-13(10-15)18(24)23(2)11-16-21-17(22-27-16)12-5-3-7-14(19)9-12/h3-10,20H,11H2,1-2H3. The molecule has 0 spiro atoms. The summed E-state index contributed by atoms with van der Waals surface area (Å²) in [6.45, 7) is 0.0862. The maximum atomic E-state index is 12.7. The summed E-state index contributed by atoms with van der Waals surface area (Å²) in [4.78, 5) is 18.4. The molecule has 146 valence electrons. The fourth-order valence-electron chi connectivity index (χ4n) is 2.47. The lowest BCUT2D eigenvalue weighted by Crippen LogP contribution is -2.27. The first-order valence-electron chi connectivity index (χ1n) is 8.18. The van der Waals surface area contributed by atoms with Crippen LogP contribution < -0.4 is 4.72 Å². The summed E-state index contributed by atoms with van der Waals surface area (Å²) in [7, 11) is -0.747. The molecule has 1 aromatic heterocycles. The van der Waals surface area contributed by atoms with Gasteiger partial charge in [0.2, 0.25) is 21.7 Å². The number of aromatic nitrogens is 2. The van der Waals surface area contributed by atoms with Crippen LogP contribution in [0, 0.1) is 0 Å². The number of halogens is 1. The molecule has 0 saturated carbocycles. The van der Waals surface area contributed by atoms with Gasteiger partial charge in [0, 0.05) is 22.6 Å². The lowest BCUT2D eigenvalue weighted by atomic mass is 10.2. The van der Waals surface area contributed by atoms with Crippen molar-refractivity contribution in [2.45, 2.75) is 11.4 Å². The zero-order valence-electron chi connectivity index (χ0n) is 15.1. The number of rotatable bonds is 6. The van der Waals surface area contributed by atoms with Crippen LogP contribution in [0.2, 0.25) is 0 Å². The SMILES string of the molecule is CNS(=O)(=O)c1cccc(C(=O)N(C)Cc2nc(-c3cccc(Br)c3)no2)c1. The second kappa shape index (κ2) is 8.21. The number of hydrogen-bond donors (Lipinski definition) is 1. The highest BCUT2D eigenvalue weighted by atomic mass is 79.9. The Morgan fingerprint density at radius 2 is 1.96 bits per heavy atom. The van der Waals surface area contributed by atoms with E-state index < -0.39 is 10.0 Å². The molecule has 0 aliphatic rings. The molecule has 1 amide bonds. The molecule has 3 rings (SSSR count). The number of hydrogen-bond acceptors (Lipinski definition) is 6. The van der Waals surface area contributed by atoms with Crippen molar-refractivity contribution in [2.75, 3.05) is 14.1 Å². The Kier molecular flexibility index (Phi) is 5.92. The largest absolute Gasteiger partial charge is 0.337 e. The fourth-order valence-corrected chi connectivity index (χ4v) is 3.65. The van der Waals surface area contributed by atoms with E-state index in [9.17, 15) is 13.2 Å². The fraction of sp³-hybridized carbons (Fsp3) is 0.167. The summed E-state index contributed by atoms with van der Waals surface area (Å²) < 4.78 is 32.2. The lowest BCUT2D eigenvalue weighted by Gasteiger charge is -2.15. The van der Waals surface area contributed by atoms with Crippen LogP contribution in [0.25, 0.3) is 11.4 Å². The van der Waals surface area contributed by atoms with E-state index in [1.807, 2.05) is 24.3 Å². The van der Waals surface area contributed by atoms with E-state index >= 15 is 0 Å². The third-order valence-corrected chi connectivity index (χ3v) is 5.84. The average molecular weight is 465 g/mol. The number of nitrogens with zero attached hydrogens (tertiary/aromatic N) is 3. The summed E-state index contributed by atoms with van der Waals surface area (Å²) in [6.07, 6.45) is 0. The third-order valence-electron chi connectivity index (χ3n) is 3.93. The summed E-state index contributed by atoms with van der Waals surface area (Å²) in [5, 5.41) is 3.94. The van der Waals surface area contributed by atoms with Crippen molar-refractivity contribution in [1.29, 1.82) is 0 Å². The first-order valence-corrected chi connectivity index (χ1v) is 10.5. The van der Waals surface area contributed by atoms with E-state index in [0.29, 0.717) is 5.82 Å². The smallest absolute Gasteiger partial charge is 0.254 e. The van der Waals surface area contributed by atoms with Gasteiger partial charge in [-0.1, -0.05) is 39.3 Å².